The van der Waals surface area contributed by atoms with E-state index in [1.54, 1.807) is 32.6 Å². The van der Waals surface area contributed by atoms with Crippen LogP contribution in [0.25, 0.3) is 6.08 Å². The number of rotatable bonds is 5. The molecule has 1 aliphatic heterocycles. The molecule has 1 saturated carbocycles. The quantitative estimate of drug-likeness (QED) is 0.496. The summed E-state index contributed by atoms with van der Waals surface area (Å²) in [6.07, 6.45) is 5.60. The van der Waals surface area contributed by atoms with Crippen LogP contribution in [0.15, 0.2) is 48.7 Å². The Morgan fingerprint density at radius 2 is 1.77 bits per heavy atom. The van der Waals surface area contributed by atoms with E-state index in [2.05, 4.69) is 51.1 Å². The Morgan fingerprint density at radius 3 is 2.43 bits per heavy atom. The molecule has 1 fully saturated rings. The molecular weight excluding hydrogens is 440 g/mol. The summed E-state index contributed by atoms with van der Waals surface area (Å²) in [5.74, 6) is 1.74. The van der Waals surface area contributed by atoms with Crippen LogP contribution in [0.3, 0.4) is 0 Å². The Balaban J connectivity index is 1.60. The van der Waals surface area contributed by atoms with E-state index in [0.717, 1.165) is 24.8 Å². The predicted molar refractivity (Wildman–Crippen MR) is 135 cm³/mol. The summed E-state index contributed by atoms with van der Waals surface area (Å²) in [6, 6.07) is 15.5. The highest BCUT2D eigenvalue weighted by Crippen LogP contribution is 2.44. The number of carbonyl (C=O) groups excluding carboxylic acids is 1. The molecular formula is C29H34N2O4. The van der Waals surface area contributed by atoms with Crippen molar-refractivity contribution < 1.29 is 19.0 Å². The average Bonchev–Trinajstić information content (AvgIpc) is 2.87. The molecule has 0 radical (unpaired) electrons. The maximum absolute atomic E-state index is 13.5. The molecule has 0 N–H and O–H groups in total. The van der Waals surface area contributed by atoms with Crippen molar-refractivity contribution in [1.29, 1.82) is 5.26 Å². The predicted octanol–water partition coefficient (Wildman–Crippen LogP) is 6.47. The number of ether oxygens (including phenoxy) is 3. The van der Waals surface area contributed by atoms with E-state index >= 15 is 0 Å². The van der Waals surface area contributed by atoms with E-state index in [1.807, 2.05) is 12.1 Å². The number of amides is 1. The Labute approximate surface area is 208 Å². The number of methoxy groups -OCH3 is 2. The van der Waals surface area contributed by atoms with Crippen molar-refractivity contribution >= 4 is 12.2 Å². The molecule has 6 nitrogen and oxygen atoms in total. The van der Waals surface area contributed by atoms with Crippen LogP contribution in [-0.2, 0) is 10.2 Å². The van der Waals surface area contributed by atoms with Gasteiger partial charge in [0, 0.05) is 17.7 Å². The molecule has 0 bridgehead atoms. The van der Waals surface area contributed by atoms with Gasteiger partial charge in [0.2, 0.25) is 0 Å². The van der Waals surface area contributed by atoms with Crippen LogP contribution in [0.2, 0.25) is 0 Å². The Bertz CT molecular complexity index is 1140. The van der Waals surface area contributed by atoms with E-state index in [0.29, 0.717) is 23.0 Å². The first-order chi connectivity index (χ1) is 16.8. The largest absolute Gasteiger partial charge is 0.493 e. The van der Waals surface area contributed by atoms with E-state index in [4.69, 9.17) is 14.2 Å². The van der Waals surface area contributed by atoms with Gasteiger partial charge in [0.05, 0.1) is 20.3 Å². The minimum atomic E-state index is -0.816. The molecule has 4 rings (SSSR count). The lowest BCUT2D eigenvalue weighted by Crippen LogP contribution is -2.45. The van der Waals surface area contributed by atoms with Gasteiger partial charge < -0.3 is 14.2 Å². The number of nitrogens with zero attached hydrogens (tertiary/aromatic N) is 2. The molecule has 2 aromatic carbocycles. The molecule has 0 spiro atoms. The number of fused-ring (bicyclic) bond motifs is 1. The van der Waals surface area contributed by atoms with Gasteiger partial charge in [-0.05, 0) is 53.5 Å². The van der Waals surface area contributed by atoms with Gasteiger partial charge in [0.1, 0.15) is 6.10 Å². The molecule has 1 aliphatic carbocycles. The molecule has 1 amide bonds. The first-order valence-electron chi connectivity index (χ1n) is 12.2. The second-order valence-corrected chi connectivity index (χ2v) is 10.1. The van der Waals surface area contributed by atoms with Gasteiger partial charge in [-0.25, -0.2) is 4.79 Å². The van der Waals surface area contributed by atoms with Crippen LogP contribution >= 0.6 is 0 Å². The maximum Gasteiger partial charge on any atom is 0.415 e. The average molecular weight is 475 g/mol. The second kappa shape index (κ2) is 10.0. The summed E-state index contributed by atoms with van der Waals surface area (Å²) in [6.45, 7) is 6.68. The summed E-state index contributed by atoms with van der Waals surface area (Å²) >= 11 is 0. The lowest BCUT2D eigenvalue weighted by molar-refractivity contribution is -0.0155. The number of nitriles is 1. The number of benzene rings is 2. The molecule has 0 aromatic heterocycles. The smallest absolute Gasteiger partial charge is 0.415 e. The first kappa shape index (κ1) is 24.7. The highest BCUT2D eigenvalue weighted by atomic mass is 16.6. The van der Waals surface area contributed by atoms with Crippen molar-refractivity contribution in [3.63, 3.8) is 0 Å². The minimum absolute atomic E-state index is 0.158. The second-order valence-electron chi connectivity index (χ2n) is 10.1. The fourth-order valence-electron chi connectivity index (χ4n) is 5.54. The summed E-state index contributed by atoms with van der Waals surface area (Å²) < 4.78 is 17.0. The van der Waals surface area contributed by atoms with E-state index < -0.39 is 12.1 Å². The van der Waals surface area contributed by atoms with Gasteiger partial charge in [-0.1, -0.05) is 57.5 Å². The number of hydrogen-bond donors (Lipinski definition) is 0. The first-order valence-corrected chi connectivity index (χ1v) is 12.2. The summed E-state index contributed by atoms with van der Waals surface area (Å²) in [5.41, 5.74) is 2.58. The molecule has 0 saturated heterocycles. The van der Waals surface area contributed by atoms with Gasteiger partial charge in [0.15, 0.2) is 17.5 Å². The van der Waals surface area contributed by atoms with Crippen molar-refractivity contribution in [2.24, 2.45) is 11.8 Å². The lowest BCUT2D eigenvalue weighted by atomic mass is 9.64. The number of carbonyl (C=O) groups is 1. The van der Waals surface area contributed by atoms with Crippen LogP contribution in [0.1, 0.15) is 62.8 Å². The van der Waals surface area contributed by atoms with E-state index in [1.165, 1.54) is 10.5 Å². The normalized spacial score (nSPS) is 23.7. The third-order valence-electron chi connectivity index (χ3n) is 7.66. The number of hydrogen-bond acceptors (Lipinski definition) is 5. The maximum atomic E-state index is 13.5. The van der Waals surface area contributed by atoms with Crippen molar-refractivity contribution in [2.75, 3.05) is 14.2 Å². The molecule has 184 valence electrons. The van der Waals surface area contributed by atoms with Crippen LogP contribution in [-0.4, -0.2) is 31.3 Å². The highest BCUT2D eigenvalue weighted by Gasteiger charge is 2.43. The summed E-state index contributed by atoms with van der Waals surface area (Å²) in [5, 5.41) is 10.0. The highest BCUT2D eigenvalue weighted by molar-refractivity contribution is 5.75. The Morgan fingerprint density at radius 1 is 1.09 bits per heavy atom. The van der Waals surface area contributed by atoms with E-state index in [-0.39, 0.29) is 17.4 Å². The third kappa shape index (κ3) is 4.73. The third-order valence-corrected chi connectivity index (χ3v) is 7.66. The van der Waals surface area contributed by atoms with Gasteiger partial charge in [-0.15, -0.1) is 0 Å². The van der Waals surface area contributed by atoms with Crippen molar-refractivity contribution in [1.82, 2.24) is 4.90 Å². The topological polar surface area (TPSA) is 71.8 Å². The summed E-state index contributed by atoms with van der Waals surface area (Å²) in [7, 11) is 3.12. The molecule has 4 atom stereocenters. The van der Waals surface area contributed by atoms with Gasteiger partial charge in [-0.3, -0.25) is 4.90 Å². The van der Waals surface area contributed by atoms with Crippen molar-refractivity contribution in [3.8, 4) is 17.6 Å². The SMILES string of the molecule is COc1cc2c(cc1OC)[C@@H](C#N)N(C(=O)O[C@H]1C[C@@H](C)CC[C@@H]1C(C)(C)c1ccccc1)C=C2. The molecule has 35 heavy (non-hydrogen) atoms. The van der Waals surface area contributed by atoms with Crippen LogP contribution in [0.5, 0.6) is 11.5 Å². The molecule has 1 heterocycles. The fraction of sp³-hybridized carbons (Fsp3) is 0.448. The molecule has 0 unspecified atom stereocenters. The zero-order chi connectivity index (χ0) is 25.2. The summed E-state index contributed by atoms with van der Waals surface area (Å²) in [4.78, 5) is 14.9. The Hall–Kier alpha value is -3.46. The fourth-order valence-corrected chi connectivity index (χ4v) is 5.54. The van der Waals surface area contributed by atoms with E-state index in [9.17, 15) is 10.1 Å². The lowest BCUT2D eigenvalue weighted by Gasteiger charge is -2.44. The van der Waals surface area contributed by atoms with Crippen molar-refractivity contribution in [2.45, 2.75) is 57.6 Å². The molecule has 6 heteroatoms. The zero-order valence-corrected chi connectivity index (χ0v) is 21.2. The molecule has 2 aliphatic rings. The minimum Gasteiger partial charge on any atom is -0.493 e. The molecule has 2 aromatic rings. The standard InChI is InChI=1S/C29H34N2O4/c1-19-11-12-23(29(2,3)21-9-7-6-8-10-21)25(15-19)35-28(32)31-14-13-20-16-26(33-4)27(34-5)17-22(20)24(31)18-30/h6-10,13-14,16-17,19,23-25H,11-12,15H2,1-5H3/t19-,23-,24+,25-/m0/s1. The van der Waals surface area contributed by atoms with Crippen LogP contribution in [0.4, 0.5) is 4.79 Å². The van der Waals surface area contributed by atoms with Crippen molar-refractivity contribution in [3.05, 3.63) is 65.4 Å². The Kier molecular flexibility index (Phi) is 7.07. The van der Waals surface area contributed by atoms with Gasteiger partial charge in [0.25, 0.3) is 0 Å². The van der Waals surface area contributed by atoms with Crippen LogP contribution < -0.4 is 9.47 Å². The zero-order valence-electron chi connectivity index (χ0n) is 21.2. The van der Waals surface area contributed by atoms with Crippen LogP contribution in [0, 0.1) is 23.2 Å². The van der Waals surface area contributed by atoms with Gasteiger partial charge in [-0.2, -0.15) is 5.26 Å². The van der Waals surface area contributed by atoms with Gasteiger partial charge >= 0.3 is 6.09 Å². The monoisotopic (exact) mass is 474 g/mol.